The molecule has 4 nitrogen and oxygen atoms in total. The van der Waals surface area contributed by atoms with E-state index in [1.165, 1.54) is 25.7 Å². The number of unbranched alkanes of at least 4 members (excludes halogenated alkanes) is 3. The first-order valence-electron chi connectivity index (χ1n) is 5.68. The summed E-state index contributed by atoms with van der Waals surface area (Å²) in [5.74, 6) is 0. The van der Waals surface area contributed by atoms with Gasteiger partial charge in [-0.2, -0.15) is 0 Å². The van der Waals surface area contributed by atoms with Crippen LogP contribution >= 0.6 is 0 Å². The molecule has 4 heteroatoms. The van der Waals surface area contributed by atoms with E-state index in [0.717, 1.165) is 26.3 Å². The van der Waals surface area contributed by atoms with Gasteiger partial charge in [-0.3, -0.25) is 0 Å². The zero-order valence-electron chi connectivity index (χ0n) is 9.44. The Balaban J connectivity index is 2.78. The van der Waals surface area contributed by atoms with Crippen LogP contribution in [-0.2, 0) is 0 Å². The maximum absolute atomic E-state index is 5.34. The van der Waals surface area contributed by atoms with Crippen molar-refractivity contribution in [3.63, 3.8) is 0 Å². The van der Waals surface area contributed by atoms with Crippen LogP contribution in [0, 0.1) is 0 Å². The largest absolute Gasteiger partial charge is 0.329 e. The van der Waals surface area contributed by atoms with Crippen LogP contribution in [0.3, 0.4) is 0 Å². The molecule has 86 valence electrons. The van der Waals surface area contributed by atoms with E-state index in [0.29, 0.717) is 6.54 Å². The van der Waals surface area contributed by atoms with E-state index >= 15 is 0 Å². The first-order valence-corrected chi connectivity index (χ1v) is 5.68. The van der Waals surface area contributed by atoms with Gasteiger partial charge in [0.05, 0.1) is 0 Å². The van der Waals surface area contributed by atoms with Gasteiger partial charge in [0.15, 0.2) is 0 Å². The molecule has 0 aliphatic rings. The summed E-state index contributed by atoms with van der Waals surface area (Å²) in [7, 11) is 2.00. The minimum absolute atomic E-state index is 0.714. The third-order valence-electron chi connectivity index (χ3n) is 2.10. The molecular formula is C10H26N4. The summed E-state index contributed by atoms with van der Waals surface area (Å²) in [5.41, 5.74) is 5.34. The summed E-state index contributed by atoms with van der Waals surface area (Å²) in [6.45, 7) is 4.75. The van der Waals surface area contributed by atoms with Crippen molar-refractivity contribution in [3.05, 3.63) is 0 Å². The van der Waals surface area contributed by atoms with Crippen molar-refractivity contribution in [2.45, 2.75) is 25.7 Å². The summed E-state index contributed by atoms with van der Waals surface area (Å²) < 4.78 is 0. The Bertz CT molecular complexity index is 86.1. The van der Waals surface area contributed by atoms with Crippen LogP contribution in [0.2, 0.25) is 0 Å². The second-order valence-electron chi connectivity index (χ2n) is 3.48. The smallest absolute Gasteiger partial charge is 0.0454 e. The predicted molar refractivity (Wildman–Crippen MR) is 62.3 cm³/mol. The van der Waals surface area contributed by atoms with Gasteiger partial charge >= 0.3 is 0 Å². The summed E-state index contributed by atoms with van der Waals surface area (Å²) in [5, 5.41) is 9.68. The van der Waals surface area contributed by atoms with Crippen molar-refractivity contribution in [2.24, 2.45) is 5.73 Å². The van der Waals surface area contributed by atoms with E-state index in [1.54, 1.807) is 0 Å². The average Bonchev–Trinajstić information content (AvgIpc) is 2.21. The molecule has 0 aromatic heterocycles. The molecule has 14 heavy (non-hydrogen) atoms. The normalized spacial score (nSPS) is 10.7. The average molecular weight is 202 g/mol. The highest BCUT2D eigenvalue weighted by Crippen LogP contribution is 1.96. The van der Waals surface area contributed by atoms with Crippen LogP contribution in [0.4, 0.5) is 0 Å². The van der Waals surface area contributed by atoms with Crippen LogP contribution in [0.1, 0.15) is 25.7 Å². The summed E-state index contributed by atoms with van der Waals surface area (Å²) in [6.07, 6.45) is 5.22. The number of hydrogen-bond acceptors (Lipinski definition) is 4. The maximum atomic E-state index is 5.34. The van der Waals surface area contributed by atoms with Crippen molar-refractivity contribution in [1.82, 2.24) is 16.0 Å². The van der Waals surface area contributed by atoms with Crippen LogP contribution in [0.5, 0.6) is 0 Å². The number of nitrogens with two attached hydrogens (primary N) is 1. The molecule has 5 N–H and O–H groups in total. The molecule has 0 aliphatic carbocycles. The zero-order chi connectivity index (χ0) is 10.5. The van der Waals surface area contributed by atoms with Gasteiger partial charge in [-0.05, 0) is 33.0 Å². The van der Waals surface area contributed by atoms with Crippen molar-refractivity contribution >= 4 is 0 Å². The Morgan fingerprint density at radius 1 is 0.857 bits per heavy atom. The van der Waals surface area contributed by atoms with Gasteiger partial charge in [-0.25, -0.2) is 0 Å². The molecule has 0 unspecified atom stereocenters. The van der Waals surface area contributed by atoms with E-state index in [-0.39, 0.29) is 0 Å². The topological polar surface area (TPSA) is 62.1 Å². The Kier molecular flexibility index (Phi) is 12.7. The monoisotopic (exact) mass is 202 g/mol. The van der Waals surface area contributed by atoms with E-state index in [4.69, 9.17) is 5.73 Å². The Morgan fingerprint density at radius 2 is 1.50 bits per heavy atom. The molecule has 0 saturated heterocycles. The van der Waals surface area contributed by atoms with Crippen molar-refractivity contribution < 1.29 is 0 Å². The standard InChI is InChI=1S/C10H26N4/c1-12-7-4-2-3-5-8-13-10-14-9-6-11/h12-14H,2-11H2,1H3. The lowest BCUT2D eigenvalue weighted by Crippen LogP contribution is -2.33. The molecule has 0 spiro atoms. The lowest BCUT2D eigenvalue weighted by atomic mass is 10.2. The zero-order valence-corrected chi connectivity index (χ0v) is 9.44. The van der Waals surface area contributed by atoms with Gasteiger partial charge in [0.25, 0.3) is 0 Å². The molecule has 0 bridgehead atoms. The van der Waals surface area contributed by atoms with Gasteiger partial charge in [-0.1, -0.05) is 12.8 Å². The molecule has 0 aliphatic heterocycles. The first-order chi connectivity index (χ1) is 6.91. The fourth-order valence-corrected chi connectivity index (χ4v) is 1.27. The number of hydrogen-bond donors (Lipinski definition) is 4. The summed E-state index contributed by atoms with van der Waals surface area (Å²) >= 11 is 0. The van der Waals surface area contributed by atoms with Crippen molar-refractivity contribution in [2.75, 3.05) is 39.9 Å². The van der Waals surface area contributed by atoms with Gasteiger partial charge in [0, 0.05) is 19.8 Å². The first kappa shape index (κ1) is 13.8. The van der Waals surface area contributed by atoms with Crippen LogP contribution in [0.25, 0.3) is 0 Å². The lowest BCUT2D eigenvalue weighted by Gasteiger charge is -2.05. The number of rotatable bonds is 11. The van der Waals surface area contributed by atoms with Crippen molar-refractivity contribution in [1.29, 1.82) is 0 Å². The lowest BCUT2D eigenvalue weighted by molar-refractivity contribution is 0.545. The van der Waals surface area contributed by atoms with Crippen LogP contribution < -0.4 is 21.7 Å². The highest BCUT2D eigenvalue weighted by Gasteiger charge is 1.89. The highest BCUT2D eigenvalue weighted by atomic mass is 15.1. The van der Waals surface area contributed by atoms with E-state index in [1.807, 2.05) is 7.05 Å². The van der Waals surface area contributed by atoms with Gasteiger partial charge < -0.3 is 21.7 Å². The third-order valence-corrected chi connectivity index (χ3v) is 2.10. The molecule has 0 fully saturated rings. The molecule has 0 rings (SSSR count). The summed E-state index contributed by atoms with van der Waals surface area (Å²) in [6, 6.07) is 0. The Labute approximate surface area is 88.0 Å². The number of nitrogens with one attached hydrogen (secondary N) is 3. The van der Waals surface area contributed by atoms with E-state index in [2.05, 4.69) is 16.0 Å². The second kappa shape index (κ2) is 12.8. The maximum Gasteiger partial charge on any atom is 0.0454 e. The molecule has 0 atom stereocenters. The Morgan fingerprint density at radius 3 is 2.14 bits per heavy atom. The molecule has 0 aromatic carbocycles. The molecule has 0 heterocycles. The fourth-order valence-electron chi connectivity index (χ4n) is 1.27. The third kappa shape index (κ3) is 11.8. The molecular weight excluding hydrogens is 176 g/mol. The van der Waals surface area contributed by atoms with Crippen molar-refractivity contribution in [3.8, 4) is 0 Å². The highest BCUT2D eigenvalue weighted by molar-refractivity contribution is 4.50. The SMILES string of the molecule is CNCCCCCCNCNCCN. The van der Waals surface area contributed by atoms with Gasteiger partial charge in [-0.15, -0.1) is 0 Å². The van der Waals surface area contributed by atoms with Gasteiger partial charge in [0.1, 0.15) is 0 Å². The Hall–Kier alpha value is -0.160. The van der Waals surface area contributed by atoms with E-state index < -0.39 is 0 Å². The molecule has 0 aromatic rings. The molecule has 0 saturated carbocycles. The van der Waals surface area contributed by atoms with Gasteiger partial charge in [0.2, 0.25) is 0 Å². The minimum atomic E-state index is 0.714. The quantitative estimate of drug-likeness (QED) is 0.278. The second-order valence-corrected chi connectivity index (χ2v) is 3.48. The van der Waals surface area contributed by atoms with Crippen LogP contribution in [-0.4, -0.2) is 39.9 Å². The summed E-state index contributed by atoms with van der Waals surface area (Å²) in [4.78, 5) is 0. The van der Waals surface area contributed by atoms with Crippen LogP contribution in [0.15, 0.2) is 0 Å². The predicted octanol–water partition coefficient (Wildman–Crippen LogP) is -0.138. The molecule has 0 radical (unpaired) electrons. The fraction of sp³-hybridized carbons (Fsp3) is 1.00. The van der Waals surface area contributed by atoms with E-state index in [9.17, 15) is 0 Å². The molecule has 0 amide bonds. The minimum Gasteiger partial charge on any atom is -0.329 e.